The van der Waals surface area contributed by atoms with E-state index in [0.717, 1.165) is 5.56 Å². The van der Waals surface area contributed by atoms with Crippen LogP contribution in [0.1, 0.15) is 11.1 Å². The molecular formula is C23H25ClN2O4. The Bertz CT molecular complexity index is 931. The van der Waals surface area contributed by atoms with Crippen molar-refractivity contribution in [2.24, 2.45) is 0 Å². The number of carbonyl (C=O) groups is 2. The summed E-state index contributed by atoms with van der Waals surface area (Å²) < 4.78 is 10.4. The van der Waals surface area contributed by atoms with Gasteiger partial charge in [-0.15, -0.1) is 0 Å². The molecule has 1 aliphatic rings. The molecule has 0 bridgehead atoms. The van der Waals surface area contributed by atoms with E-state index in [1.54, 1.807) is 50.6 Å². The summed E-state index contributed by atoms with van der Waals surface area (Å²) in [7, 11) is 3.20. The average Bonchev–Trinajstić information content (AvgIpc) is 3.00. The molecule has 158 valence electrons. The maximum Gasteiger partial charge on any atom is 0.282 e. The second-order valence-electron chi connectivity index (χ2n) is 6.98. The smallest absolute Gasteiger partial charge is 0.282 e. The SMILES string of the molecule is COCCN(CCOC)C1=C(c2ccc(Cl)cc2)C(=O)N(c2ccc(C)cc2)C1=O. The van der Waals surface area contributed by atoms with E-state index in [9.17, 15) is 9.59 Å². The minimum absolute atomic E-state index is 0.344. The zero-order chi connectivity index (χ0) is 21.7. The van der Waals surface area contributed by atoms with Crippen molar-refractivity contribution >= 4 is 34.7 Å². The van der Waals surface area contributed by atoms with E-state index in [2.05, 4.69) is 0 Å². The van der Waals surface area contributed by atoms with Gasteiger partial charge in [-0.05, 0) is 36.8 Å². The minimum atomic E-state index is -0.360. The fourth-order valence-electron chi connectivity index (χ4n) is 3.35. The Balaban J connectivity index is 2.11. The van der Waals surface area contributed by atoms with Gasteiger partial charge in [0.25, 0.3) is 11.8 Å². The van der Waals surface area contributed by atoms with Crippen molar-refractivity contribution < 1.29 is 19.1 Å². The topological polar surface area (TPSA) is 59.1 Å². The molecule has 0 aliphatic carbocycles. The largest absolute Gasteiger partial charge is 0.383 e. The Kier molecular flexibility index (Phi) is 7.26. The van der Waals surface area contributed by atoms with E-state index in [-0.39, 0.29) is 11.8 Å². The predicted molar refractivity (Wildman–Crippen MR) is 117 cm³/mol. The lowest BCUT2D eigenvalue weighted by molar-refractivity contribution is -0.120. The number of anilines is 1. The number of imide groups is 1. The molecule has 1 heterocycles. The van der Waals surface area contributed by atoms with E-state index in [1.807, 2.05) is 24.0 Å². The summed E-state index contributed by atoms with van der Waals surface area (Å²) in [6.45, 7) is 3.68. The maximum absolute atomic E-state index is 13.5. The summed E-state index contributed by atoms with van der Waals surface area (Å²) in [6, 6.07) is 14.3. The molecule has 30 heavy (non-hydrogen) atoms. The molecule has 1 aliphatic heterocycles. The van der Waals surface area contributed by atoms with Crippen LogP contribution in [0.5, 0.6) is 0 Å². The first-order valence-corrected chi connectivity index (χ1v) is 10.0. The van der Waals surface area contributed by atoms with Crippen molar-refractivity contribution in [1.82, 2.24) is 4.90 Å². The standard InChI is InChI=1S/C23H25ClN2O4/c1-16-4-10-19(11-5-16)26-22(27)20(17-6-8-18(24)9-7-17)21(23(26)28)25(12-14-29-2)13-15-30-3/h4-11H,12-15H2,1-3H3. The number of ether oxygens (including phenoxy) is 2. The first-order valence-electron chi connectivity index (χ1n) is 9.66. The van der Waals surface area contributed by atoms with Crippen molar-refractivity contribution in [2.75, 3.05) is 45.4 Å². The van der Waals surface area contributed by atoms with Crippen molar-refractivity contribution in [2.45, 2.75) is 6.92 Å². The minimum Gasteiger partial charge on any atom is -0.383 e. The molecule has 6 nitrogen and oxygen atoms in total. The lowest BCUT2D eigenvalue weighted by atomic mass is 10.0. The third-order valence-electron chi connectivity index (χ3n) is 4.93. The van der Waals surface area contributed by atoms with Gasteiger partial charge in [-0.25, -0.2) is 4.90 Å². The molecule has 0 aromatic heterocycles. The second kappa shape index (κ2) is 9.89. The Morgan fingerprint density at radius 3 is 1.97 bits per heavy atom. The maximum atomic E-state index is 13.5. The highest BCUT2D eigenvalue weighted by Gasteiger charge is 2.42. The summed E-state index contributed by atoms with van der Waals surface area (Å²) in [5.74, 6) is -0.720. The molecule has 2 aromatic carbocycles. The number of hydrogen-bond donors (Lipinski definition) is 0. The van der Waals surface area contributed by atoms with Crippen molar-refractivity contribution in [1.29, 1.82) is 0 Å². The van der Waals surface area contributed by atoms with Gasteiger partial charge >= 0.3 is 0 Å². The molecule has 7 heteroatoms. The van der Waals surface area contributed by atoms with Crippen LogP contribution in [-0.2, 0) is 19.1 Å². The van der Waals surface area contributed by atoms with E-state index in [1.165, 1.54) is 4.90 Å². The monoisotopic (exact) mass is 428 g/mol. The molecule has 0 fully saturated rings. The van der Waals surface area contributed by atoms with Gasteiger partial charge in [-0.3, -0.25) is 9.59 Å². The predicted octanol–water partition coefficient (Wildman–Crippen LogP) is 3.53. The number of carbonyl (C=O) groups excluding carboxylic acids is 2. The Morgan fingerprint density at radius 1 is 0.867 bits per heavy atom. The van der Waals surface area contributed by atoms with Gasteiger partial charge in [0.15, 0.2) is 0 Å². The van der Waals surface area contributed by atoms with Gasteiger partial charge in [0.2, 0.25) is 0 Å². The third-order valence-corrected chi connectivity index (χ3v) is 5.18. The number of benzene rings is 2. The number of aryl methyl sites for hydroxylation is 1. The van der Waals surface area contributed by atoms with Gasteiger partial charge in [-0.1, -0.05) is 41.4 Å². The average molecular weight is 429 g/mol. The molecule has 0 N–H and O–H groups in total. The van der Waals surface area contributed by atoms with Crippen LogP contribution < -0.4 is 4.90 Å². The van der Waals surface area contributed by atoms with Crippen molar-refractivity contribution in [3.8, 4) is 0 Å². The fourth-order valence-corrected chi connectivity index (χ4v) is 3.48. The number of rotatable bonds is 9. The van der Waals surface area contributed by atoms with E-state index < -0.39 is 0 Å². The number of nitrogens with zero attached hydrogens (tertiary/aromatic N) is 2. The van der Waals surface area contributed by atoms with E-state index >= 15 is 0 Å². The second-order valence-corrected chi connectivity index (χ2v) is 7.42. The summed E-state index contributed by atoms with van der Waals surface area (Å²) in [6.07, 6.45) is 0. The highest BCUT2D eigenvalue weighted by Crippen LogP contribution is 2.35. The number of halogens is 1. The molecule has 0 saturated carbocycles. The summed E-state index contributed by atoms with van der Waals surface area (Å²) in [4.78, 5) is 30.1. The van der Waals surface area contributed by atoms with Crippen LogP contribution in [0.4, 0.5) is 5.69 Å². The van der Waals surface area contributed by atoms with Crippen LogP contribution in [-0.4, -0.2) is 57.2 Å². The van der Waals surface area contributed by atoms with E-state index in [0.29, 0.717) is 53.8 Å². The fraction of sp³-hybridized carbons (Fsp3) is 0.304. The van der Waals surface area contributed by atoms with Crippen LogP contribution >= 0.6 is 11.6 Å². The number of hydrogen-bond acceptors (Lipinski definition) is 5. The van der Waals surface area contributed by atoms with Gasteiger partial charge in [0, 0.05) is 32.3 Å². The molecule has 3 rings (SSSR count). The van der Waals surface area contributed by atoms with Crippen LogP contribution in [0.15, 0.2) is 54.2 Å². The Labute approximate surface area is 181 Å². The molecule has 2 amide bonds. The van der Waals surface area contributed by atoms with Crippen LogP contribution in [0.25, 0.3) is 5.57 Å². The van der Waals surface area contributed by atoms with Crippen molar-refractivity contribution in [3.63, 3.8) is 0 Å². The normalized spacial score (nSPS) is 14.1. The third kappa shape index (κ3) is 4.56. The molecule has 0 unspecified atom stereocenters. The molecule has 0 atom stereocenters. The number of amides is 2. The summed E-state index contributed by atoms with van der Waals surface area (Å²) >= 11 is 6.04. The molecule has 0 saturated heterocycles. The molecule has 2 aromatic rings. The highest BCUT2D eigenvalue weighted by molar-refractivity contribution is 6.45. The van der Waals surface area contributed by atoms with E-state index in [4.69, 9.17) is 21.1 Å². The van der Waals surface area contributed by atoms with Gasteiger partial charge in [0.1, 0.15) is 5.70 Å². The summed E-state index contributed by atoms with van der Waals surface area (Å²) in [5, 5.41) is 0.559. The van der Waals surface area contributed by atoms with Crippen LogP contribution in [0, 0.1) is 6.92 Å². The first kappa shape index (κ1) is 22.0. The quantitative estimate of drug-likeness (QED) is 0.572. The molecule has 0 spiro atoms. The zero-order valence-electron chi connectivity index (χ0n) is 17.4. The van der Waals surface area contributed by atoms with Gasteiger partial charge < -0.3 is 14.4 Å². The lowest BCUT2D eigenvalue weighted by Crippen LogP contribution is -2.37. The lowest BCUT2D eigenvalue weighted by Gasteiger charge is -2.25. The Morgan fingerprint density at radius 2 is 1.43 bits per heavy atom. The van der Waals surface area contributed by atoms with Gasteiger partial charge in [-0.2, -0.15) is 0 Å². The summed E-state index contributed by atoms with van der Waals surface area (Å²) in [5.41, 5.74) is 2.92. The highest BCUT2D eigenvalue weighted by atomic mass is 35.5. The zero-order valence-corrected chi connectivity index (χ0v) is 18.1. The Hall–Kier alpha value is -2.67. The molecular weight excluding hydrogens is 404 g/mol. The van der Waals surface area contributed by atoms with Crippen LogP contribution in [0.3, 0.4) is 0 Å². The van der Waals surface area contributed by atoms with Gasteiger partial charge in [0.05, 0.1) is 24.5 Å². The molecule has 0 radical (unpaired) electrons. The number of methoxy groups -OCH3 is 2. The van der Waals surface area contributed by atoms with Crippen molar-refractivity contribution in [3.05, 3.63) is 70.4 Å². The van der Waals surface area contributed by atoms with Crippen LogP contribution in [0.2, 0.25) is 5.02 Å². The first-order chi connectivity index (χ1) is 14.5.